The molecule has 0 radical (unpaired) electrons. The number of anilines is 2. The van der Waals surface area contributed by atoms with Gasteiger partial charge in [0.1, 0.15) is 11.6 Å². The number of halogens is 1. The van der Waals surface area contributed by atoms with Crippen molar-refractivity contribution in [2.45, 2.75) is 13.8 Å². The summed E-state index contributed by atoms with van der Waals surface area (Å²) in [6, 6.07) is 9.82. The third-order valence-corrected chi connectivity index (χ3v) is 3.38. The number of hydrogen-bond acceptors (Lipinski definition) is 4. The van der Waals surface area contributed by atoms with E-state index in [1.165, 1.54) is 0 Å². The van der Waals surface area contributed by atoms with Crippen LogP contribution in [0.15, 0.2) is 28.7 Å². The Kier molecular flexibility index (Phi) is 3.58. The van der Waals surface area contributed by atoms with E-state index in [0.29, 0.717) is 11.4 Å². The standard InChI is InChI=1S/C13H11BrN4/c1-8-9(2)17-18-13(10(8)7-15)16-12-6-4-3-5-11(12)14/h3-6H,1-2H3,(H,16,18). The number of nitrogens with zero attached hydrogens (tertiary/aromatic N) is 3. The molecule has 18 heavy (non-hydrogen) atoms. The zero-order valence-corrected chi connectivity index (χ0v) is 11.6. The van der Waals surface area contributed by atoms with Gasteiger partial charge in [-0.1, -0.05) is 12.1 Å². The number of hydrogen-bond donors (Lipinski definition) is 1. The van der Waals surface area contributed by atoms with Gasteiger partial charge in [-0.25, -0.2) is 0 Å². The van der Waals surface area contributed by atoms with Gasteiger partial charge in [-0.05, 0) is 47.5 Å². The van der Waals surface area contributed by atoms with Crippen LogP contribution in [0.2, 0.25) is 0 Å². The van der Waals surface area contributed by atoms with Gasteiger partial charge in [-0.2, -0.15) is 10.4 Å². The highest BCUT2D eigenvalue weighted by Gasteiger charge is 2.11. The van der Waals surface area contributed by atoms with Crippen LogP contribution < -0.4 is 5.32 Å². The number of nitrogens with one attached hydrogen (secondary N) is 1. The Hall–Kier alpha value is -1.93. The summed E-state index contributed by atoms with van der Waals surface area (Å²) in [5.41, 5.74) is 3.00. The molecule has 0 amide bonds. The second kappa shape index (κ2) is 5.15. The Balaban J connectivity index is 2.45. The van der Waals surface area contributed by atoms with E-state index in [2.05, 4.69) is 37.5 Å². The predicted molar refractivity (Wildman–Crippen MR) is 73.6 cm³/mol. The summed E-state index contributed by atoms with van der Waals surface area (Å²) in [4.78, 5) is 0. The van der Waals surface area contributed by atoms with Crippen LogP contribution in [0.3, 0.4) is 0 Å². The van der Waals surface area contributed by atoms with E-state index < -0.39 is 0 Å². The van der Waals surface area contributed by atoms with Crippen molar-refractivity contribution in [3.8, 4) is 6.07 Å². The SMILES string of the molecule is Cc1nnc(Nc2ccccc2Br)c(C#N)c1C. The third-order valence-electron chi connectivity index (χ3n) is 2.69. The summed E-state index contributed by atoms with van der Waals surface area (Å²) in [5, 5.41) is 20.4. The van der Waals surface area contributed by atoms with Gasteiger partial charge < -0.3 is 5.32 Å². The number of para-hydroxylation sites is 1. The fourth-order valence-corrected chi connectivity index (χ4v) is 1.91. The lowest BCUT2D eigenvalue weighted by Gasteiger charge is -2.10. The van der Waals surface area contributed by atoms with E-state index in [-0.39, 0.29) is 0 Å². The van der Waals surface area contributed by atoms with Crippen molar-refractivity contribution < 1.29 is 0 Å². The van der Waals surface area contributed by atoms with Gasteiger partial charge in [-0.15, -0.1) is 5.10 Å². The minimum absolute atomic E-state index is 0.479. The van der Waals surface area contributed by atoms with Gasteiger partial charge in [0.15, 0.2) is 5.82 Å². The molecule has 0 fully saturated rings. The van der Waals surface area contributed by atoms with Gasteiger partial charge in [-0.3, -0.25) is 0 Å². The average molecular weight is 303 g/mol. The molecule has 0 bridgehead atoms. The Labute approximate surface area is 114 Å². The van der Waals surface area contributed by atoms with E-state index in [9.17, 15) is 5.26 Å². The van der Waals surface area contributed by atoms with Gasteiger partial charge in [0.05, 0.1) is 11.4 Å². The summed E-state index contributed by atoms with van der Waals surface area (Å²) >= 11 is 3.44. The topological polar surface area (TPSA) is 61.6 Å². The molecule has 0 aliphatic heterocycles. The maximum Gasteiger partial charge on any atom is 0.171 e. The maximum atomic E-state index is 9.20. The highest BCUT2D eigenvalue weighted by Crippen LogP contribution is 2.26. The molecular formula is C13H11BrN4. The molecule has 1 heterocycles. The monoisotopic (exact) mass is 302 g/mol. The first kappa shape index (κ1) is 12.5. The largest absolute Gasteiger partial charge is 0.337 e. The molecule has 0 unspecified atom stereocenters. The molecule has 4 nitrogen and oxygen atoms in total. The van der Waals surface area contributed by atoms with Crippen LogP contribution in [-0.4, -0.2) is 10.2 Å². The quantitative estimate of drug-likeness (QED) is 0.922. The highest BCUT2D eigenvalue weighted by molar-refractivity contribution is 9.10. The van der Waals surface area contributed by atoms with Crippen LogP contribution in [0.25, 0.3) is 0 Å². The van der Waals surface area contributed by atoms with Crippen LogP contribution in [-0.2, 0) is 0 Å². The second-order valence-electron chi connectivity index (χ2n) is 3.85. The van der Waals surface area contributed by atoms with Crippen LogP contribution in [0.1, 0.15) is 16.8 Å². The summed E-state index contributed by atoms with van der Waals surface area (Å²) < 4.78 is 0.911. The molecule has 90 valence electrons. The number of nitriles is 1. The average Bonchev–Trinajstić information content (AvgIpc) is 2.37. The third kappa shape index (κ3) is 2.34. The molecule has 1 N–H and O–H groups in total. The first-order valence-electron chi connectivity index (χ1n) is 5.39. The van der Waals surface area contributed by atoms with Gasteiger partial charge in [0, 0.05) is 4.47 Å². The van der Waals surface area contributed by atoms with Crippen LogP contribution in [0, 0.1) is 25.2 Å². The van der Waals surface area contributed by atoms with Crippen molar-refractivity contribution in [1.82, 2.24) is 10.2 Å². The second-order valence-corrected chi connectivity index (χ2v) is 4.71. The Morgan fingerprint density at radius 2 is 1.94 bits per heavy atom. The molecular weight excluding hydrogens is 292 g/mol. The van der Waals surface area contributed by atoms with Gasteiger partial charge in [0.25, 0.3) is 0 Å². The first-order valence-corrected chi connectivity index (χ1v) is 6.18. The number of benzene rings is 1. The normalized spacial score (nSPS) is 9.89. The number of aromatic nitrogens is 2. The molecule has 1 aromatic heterocycles. The van der Waals surface area contributed by atoms with E-state index in [0.717, 1.165) is 21.4 Å². The maximum absolute atomic E-state index is 9.20. The molecule has 5 heteroatoms. The van der Waals surface area contributed by atoms with E-state index in [1.54, 1.807) is 0 Å². The zero-order valence-electron chi connectivity index (χ0n) is 10.0. The molecule has 0 aliphatic carbocycles. The molecule has 0 saturated carbocycles. The summed E-state index contributed by atoms with van der Waals surface area (Å²) in [6.07, 6.45) is 0. The lowest BCUT2D eigenvalue weighted by molar-refractivity contribution is 0.960. The Morgan fingerprint density at radius 1 is 1.22 bits per heavy atom. The highest BCUT2D eigenvalue weighted by atomic mass is 79.9. The molecule has 0 aliphatic rings. The number of aryl methyl sites for hydroxylation is 1. The smallest absolute Gasteiger partial charge is 0.171 e. The molecule has 0 saturated heterocycles. The minimum Gasteiger partial charge on any atom is -0.337 e. The van der Waals surface area contributed by atoms with Gasteiger partial charge >= 0.3 is 0 Å². The van der Waals surface area contributed by atoms with E-state index in [1.807, 2.05) is 38.1 Å². The van der Waals surface area contributed by atoms with Gasteiger partial charge in [0.2, 0.25) is 0 Å². The first-order chi connectivity index (χ1) is 8.63. The van der Waals surface area contributed by atoms with Crippen molar-refractivity contribution in [3.63, 3.8) is 0 Å². The molecule has 2 rings (SSSR count). The van der Waals surface area contributed by atoms with Crippen molar-refractivity contribution >= 4 is 27.4 Å². The molecule has 1 aromatic carbocycles. The lowest BCUT2D eigenvalue weighted by Crippen LogP contribution is -2.03. The van der Waals surface area contributed by atoms with Crippen LogP contribution in [0.5, 0.6) is 0 Å². The van der Waals surface area contributed by atoms with Crippen molar-refractivity contribution in [1.29, 1.82) is 5.26 Å². The van der Waals surface area contributed by atoms with Crippen molar-refractivity contribution in [2.24, 2.45) is 0 Å². The predicted octanol–water partition coefficient (Wildman–Crippen LogP) is 3.47. The zero-order chi connectivity index (χ0) is 13.1. The van der Waals surface area contributed by atoms with Crippen LogP contribution >= 0.6 is 15.9 Å². The summed E-state index contributed by atoms with van der Waals surface area (Å²) in [6.45, 7) is 3.71. The molecule has 0 atom stereocenters. The fourth-order valence-electron chi connectivity index (χ4n) is 1.52. The van der Waals surface area contributed by atoms with Crippen LogP contribution in [0.4, 0.5) is 11.5 Å². The summed E-state index contributed by atoms with van der Waals surface area (Å²) in [7, 11) is 0. The molecule has 2 aromatic rings. The fraction of sp³-hybridized carbons (Fsp3) is 0.154. The summed E-state index contributed by atoms with van der Waals surface area (Å²) in [5.74, 6) is 0.479. The Morgan fingerprint density at radius 3 is 2.61 bits per heavy atom. The van der Waals surface area contributed by atoms with E-state index >= 15 is 0 Å². The van der Waals surface area contributed by atoms with Crippen molar-refractivity contribution in [2.75, 3.05) is 5.32 Å². The molecule has 0 spiro atoms. The lowest BCUT2D eigenvalue weighted by atomic mass is 10.1. The number of rotatable bonds is 2. The van der Waals surface area contributed by atoms with E-state index in [4.69, 9.17) is 0 Å². The Bertz CT molecular complexity index is 631. The minimum atomic E-state index is 0.479. The van der Waals surface area contributed by atoms with Crippen molar-refractivity contribution in [3.05, 3.63) is 45.6 Å².